The second-order valence-electron chi connectivity index (χ2n) is 8.34. The fraction of sp³-hybridized carbons (Fsp3) is 0.591. The molecule has 8 heteroatoms. The summed E-state index contributed by atoms with van der Waals surface area (Å²) in [6.07, 6.45) is 10.4. The van der Waals surface area contributed by atoms with Gasteiger partial charge in [0.2, 0.25) is 5.91 Å². The summed E-state index contributed by atoms with van der Waals surface area (Å²) < 4.78 is 2.21. The molecule has 1 aromatic carbocycles. The van der Waals surface area contributed by atoms with Crippen molar-refractivity contribution in [2.45, 2.75) is 87.2 Å². The highest BCUT2D eigenvalue weighted by atomic mass is 35.5. The van der Waals surface area contributed by atoms with Crippen molar-refractivity contribution in [3.05, 3.63) is 28.2 Å². The van der Waals surface area contributed by atoms with Crippen LogP contribution in [0.1, 0.15) is 70.8 Å². The third kappa shape index (κ3) is 4.97. The number of carbonyl (C=O) groups is 1. The van der Waals surface area contributed by atoms with Crippen LogP contribution in [0, 0.1) is 0 Å². The fourth-order valence-electron chi connectivity index (χ4n) is 4.48. The average Bonchev–Trinajstić information content (AvgIpc) is 3.38. The zero-order chi connectivity index (χ0) is 21.1. The van der Waals surface area contributed by atoms with E-state index in [0.717, 1.165) is 42.2 Å². The Hall–Kier alpha value is -1.24. The molecule has 1 unspecified atom stereocenters. The van der Waals surface area contributed by atoms with Gasteiger partial charge in [0.15, 0.2) is 11.0 Å². The summed E-state index contributed by atoms with van der Waals surface area (Å²) in [5, 5.41) is 13.9. The van der Waals surface area contributed by atoms with Crippen LogP contribution >= 0.6 is 35.0 Å². The van der Waals surface area contributed by atoms with Gasteiger partial charge in [-0.25, -0.2) is 0 Å². The van der Waals surface area contributed by atoms with E-state index in [1.807, 2.05) is 19.1 Å². The van der Waals surface area contributed by atoms with E-state index >= 15 is 0 Å². The molecule has 2 saturated carbocycles. The third-order valence-corrected chi connectivity index (χ3v) is 7.73. The molecule has 5 nitrogen and oxygen atoms in total. The lowest BCUT2D eigenvalue weighted by Crippen LogP contribution is -2.37. The van der Waals surface area contributed by atoms with E-state index in [1.54, 1.807) is 6.07 Å². The molecule has 1 N–H and O–H groups in total. The molecule has 30 heavy (non-hydrogen) atoms. The molecule has 0 radical (unpaired) electrons. The first-order chi connectivity index (χ1) is 14.5. The minimum absolute atomic E-state index is 0.0798. The highest BCUT2D eigenvalue weighted by molar-refractivity contribution is 8.00. The van der Waals surface area contributed by atoms with E-state index in [-0.39, 0.29) is 11.2 Å². The molecule has 1 heterocycles. The number of hydrogen-bond acceptors (Lipinski definition) is 4. The third-order valence-electron chi connectivity index (χ3n) is 6.13. The SMILES string of the molecule is CC(Sc1nnc(-c2ccc(Cl)cc2Cl)n1C1CCCCC1)C(=O)NC1CCCC1. The monoisotopic (exact) mass is 466 g/mol. The molecular weight excluding hydrogens is 439 g/mol. The zero-order valence-electron chi connectivity index (χ0n) is 17.2. The Bertz CT molecular complexity index is 891. The van der Waals surface area contributed by atoms with E-state index in [9.17, 15) is 4.79 Å². The molecule has 0 saturated heterocycles. The number of rotatable bonds is 6. The highest BCUT2D eigenvalue weighted by Gasteiger charge is 2.28. The molecule has 2 aromatic rings. The summed E-state index contributed by atoms with van der Waals surface area (Å²) in [5.74, 6) is 0.839. The maximum atomic E-state index is 12.7. The molecule has 0 bridgehead atoms. The zero-order valence-corrected chi connectivity index (χ0v) is 19.6. The topological polar surface area (TPSA) is 59.8 Å². The van der Waals surface area contributed by atoms with Gasteiger partial charge in [0.25, 0.3) is 0 Å². The number of benzene rings is 1. The second kappa shape index (κ2) is 9.92. The Labute approximate surface area is 192 Å². The van der Waals surface area contributed by atoms with Crippen LogP contribution in [0.25, 0.3) is 11.4 Å². The van der Waals surface area contributed by atoms with Gasteiger partial charge in [-0.2, -0.15) is 0 Å². The molecule has 2 aliphatic carbocycles. The van der Waals surface area contributed by atoms with Crippen LogP contribution in [-0.4, -0.2) is 32.0 Å². The molecule has 0 aliphatic heterocycles. The van der Waals surface area contributed by atoms with Crippen LogP contribution in [0.5, 0.6) is 0 Å². The van der Waals surface area contributed by atoms with E-state index in [0.29, 0.717) is 22.1 Å². The van der Waals surface area contributed by atoms with Crippen molar-refractivity contribution in [1.29, 1.82) is 0 Å². The Kier molecular flexibility index (Phi) is 7.27. The molecular formula is C22H28Cl2N4OS. The largest absolute Gasteiger partial charge is 0.352 e. The van der Waals surface area contributed by atoms with E-state index in [2.05, 4.69) is 20.1 Å². The second-order valence-corrected chi connectivity index (χ2v) is 10.5. The van der Waals surface area contributed by atoms with Gasteiger partial charge in [0.1, 0.15) is 0 Å². The van der Waals surface area contributed by atoms with Gasteiger partial charge in [0, 0.05) is 22.7 Å². The number of thioether (sulfide) groups is 1. The van der Waals surface area contributed by atoms with Crippen LogP contribution < -0.4 is 5.32 Å². The Morgan fingerprint density at radius 3 is 2.50 bits per heavy atom. The van der Waals surface area contributed by atoms with Gasteiger partial charge in [-0.1, -0.05) is 67.1 Å². The molecule has 0 spiro atoms. The lowest BCUT2D eigenvalue weighted by atomic mass is 9.95. The predicted octanol–water partition coefficient (Wildman–Crippen LogP) is 6.30. The normalized spacial score (nSPS) is 19.2. The standard InChI is InChI=1S/C22H28Cl2N4OS/c1-14(21(29)25-16-7-5-6-8-16)30-22-27-26-20(18-12-11-15(23)13-19(18)24)28(22)17-9-3-2-4-10-17/h11-14,16-17H,2-10H2,1H3,(H,25,29). The summed E-state index contributed by atoms with van der Waals surface area (Å²) in [5.41, 5.74) is 0.828. The van der Waals surface area contributed by atoms with E-state index < -0.39 is 0 Å². The first kappa shape index (κ1) is 22.0. The molecule has 4 rings (SSSR count). The van der Waals surface area contributed by atoms with Gasteiger partial charge in [-0.15, -0.1) is 10.2 Å². The van der Waals surface area contributed by atoms with Crippen molar-refractivity contribution in [3.8, 4) is 11.4 Å². The van der Waals surface area contributed by atoms with E-state index in [1.165, 1.54) is 43.9 Å². The molecule has 1 amide bonds. The summed E-state index contributed by atoms with van der Waals surface area (Å²) in [7, 11) is 0. The minimum Gasteiger partial charge on any atom is -0.352 e. The Morgan fingerprint density at radius 1 is 1.10 bits per heavy atom. The van der Waals surface area contributed by atoms with Gasteiger partial charge in [-0.05, 0) is 50.8 Å². The molecule has 1 atom stereocenters. The van der Waals surface area contributed by atoms with Crippen molar-refractivity contribution in [2.24, 2.45) is 0 Å². The molecule has 162 valence electrons. The number of amides is 1. The molecule has 2 fully saturated rings. The maximum Gasteiger partial charge on any atom is 0.233 e. The number of hydrogen-bond donors (Lipinski definition) is 1. The minimum atomic E-state index is -0.231. The fourth-order valence-corrected chi connectivity index (χ4v) is 5.90. The number of carbonyl (C=O) groups excluding carboxylic acids is 1. The van der Waals surface area contributed by atoms with Crippen LogP contribution in [0.3, 0.4) is 0 Å². The number of nitrogens with zero attached hydrogens (tertiary/aromatic N) is 3. The lowest BCUT2D eigenvalue weighted by Gasteiger charge is -2.26. The van der Waals surface area contributed by atoms with Gasteiger partial charge >= 0.3 is 0 Å². The van der Waals surface area contributed by atoms with Gasteiger partial charge in [-0.3, -0.25) is 9.36 Å². The van der Waals surface area contributed by atoms with E-state index in [4.69, 9.17) is 23.2 Å². The summed E-state index contributed by atoms with van der Waals surface area (Å²) in [4.78, 5) is 12.7. The highest BCUT2D eigenvalue weighted by Crippen LogP contribution is 2.38. The van der Waals surface area contributed by atoms with Crippen LogP contribution in [0.4, 0.5) is 0 Å². The van der Waals surface area contributed by atoms with Crippen LogP contribution in [-0.2, 0) is 4.79 Å². The quantitative estimate of drug-likeness (QED) is 0.507. The average molecular weight is 467 g/mol. The summed E-state index contributed by atoms with van der Waals surface area (Å²) in [6.45, 7) is 1.95. The first-order valence-electron chi connectivity index (χ1n) is 10.9. The van der Waals surface area contributed by atoms with Crippen molar-refractivity contribution < 1.29 is 4.79 Å². The van der Waals surface area contributed by atoms with Crippen LogP contribution in [0.2, 0.25) is 10.0 Å². The number of halogens is 2. The Balaban J connectivity index is 1.60. The van der Waals surface area contributed by atoms with Gasteiger partial charge in [0.05, 0.1) is 10.3 Å². The Morgan fingerprint density at radius 2 is 1.80 bits per heavy atom. The molecule has 1 aromatic heterocycles. The summed E-state index contributed by atoms with van der Waals surface area (Å²) >= 11 is 14.1. The van der Waals surface area contributed by atoms with Crippen molar-refractivity contribution >= 4 is 40.9 Å². The first-order valence-corrected chi connectivity index (χ1v) is 12.5. The summed E-state index contributed by atoms with van der Waals surface area (Å²) in [6, 6.07) is 6.11. The van der Waals surface area contributed by atoms with Crippen molar-refractivity contribution in [1.82, 2.24) is 20.1 Å². The van der Waals surface area contributed by atoms with Crippen molar-refractivity contribution in [3.63, 3.8) is 0 Å². The molecule has 2 aliphatic rings. The smallest absolute Gasteiger partial charge is 0.233 e. The van der Waals surface area contributed by atoms with Crippen molar-refractivity contribution in [2.75, 3.05) is 0 Å². The number of aromatic nitrogens is 3. The van der Waals surface area contributed by atoms with Gasteiger partial charge < -0.3 is 5.32 Å². The number of nitrogens with one attached hydrogen (secondary N) is 1. The van der Waals surface area contributed by atoms with Crippen LogP contribution in [0.15, 0.2) is 23.4 Å². The lowest BCUT2D eigenvalue weighted by molar-refractivity contribution is -0.120. The predicted molar refractivity (Wildman–Crippen MR) is 123 cm³/mol. The maximum absolute atomic E-state index is 12.7.